The molecule has 11 heteroatoms. The van der Waals surface area contributed by atoms with Crippen LogP contribution in [0.15, 0.2) is 60.7 Å². The van der Waals surface area contributed by atoms with Crippen LogP contribution in [0.5, 0.6) is 0 Å². The highest BCUT2D eigenvalue weighted by molar-refractivity contribution is 6.34. The van der Waals surface area contributed by atoms with Gasteiger partial charge in [-0.15, -0.1) is 0 Å². The Morgan fingerprint density at radius 2 is 1.66 bits per heavy atom. The van der Waals surface area contributed by atoms with Crippen LogP contribution in [0.1, 0.15) is 36.6 Å². The molecule has 0 bridgehead atoms. The number of carbonyl (C=O) groups excluding carboxylic acids is 2. The van der Waals surface area contributed by atoms with Gasteiger partial charge < -0.3 is 9.84 Å². The van der Waals surface area contributed by atoms with Gasteiger partial charge in [-0.25, -0.2) is 9.59 Å². The number of fused-ring (bicyclic) bond motifs is 1. The highest BCUT2D eigenvalue weighted by Crippen LogP contribution is 2.37. The monoisotopic (exact) mass is 502 g/mol. The normalized spacial score (nSPS) is 11.5. The molecule has 0 amide bonds. The van der Waals surface area contributed by atoms with Crippen LogP contribution in [0, 0.1) is 0 Å². The topological polar surface area (TPSA) is 98.5 Å². The van der Waals surface area contributed by atoms with Crippen molar-refractivity contribution in [2.45, 2.75) is 6.18 Å². The van der Waals surface area contributed by atoms with Gasteiger partial charge in [-0.2, -0.15) is 23.0 Å². The lowest BCUT2D eigenvalue weighted by atomic mass is 10.0. The first-order chi connectivity index (χ1) is 16.5. The summed E-state index contributed by atoms with van der Waals surface area (Å²) in [7, 11) is 1.22. The maximum atomic E-state index is 13.6. The number of halogens is 4. The third-order valence-corrected chi connectivity index (χ3v) is 5.55. The molecule has 0 fully saturated rings. The summed E-state index contributed by atoms with van der Waals surface area (Å²) in [5, 5.41) is 13.5. The minimum Gasteiger partial charge on any atom is -0.478 e. The number of alkyl halides is 3. The standard InChI is InChI=1S/C24H14ClF3N2O5/c1-35-23(34)13-7-5-12(6-8-13)20-15-10-9-14(22(32)33)11-18(15)30(29-20)21(31)19-16(24(26,27)28)3-2-4-17(19)25/h2-11H,1H3,(H,32,33). The van der Waals surface area contributed by atoms with Gasteiger partial charge in [0, 0.05) is 10.9 Å². The Morgan fingerprint density at radius 1 is 1.00 bits per heavy atom. The molecule has 178 valence electrons. The first kappa shape index (κ1) is 24.0. The number of carbonyl (C=O) groups is 3. The van der Waals surface area contributed by atoms with E-state index >= 15 is 0 Å². The molecule has 3 aromatic carbocycles. The van der Waals surface area contributed by atoms with Gasteiger partial charge in [0.15, 0.2) is 0 Å². The lowest BCUT2D eigenvalue weighted by Crippen LogP contribution is -2.20. The van der Waals surface area contributed by atoms with Gasteiger partial charge in [0.05, 0.1) is 39.9 Å². The van der Waals surface area contributed by atoms with Crippen LogP contribution in [0.25, 0.3) is 22.2 Å². The molecular weight excluding hydrogens is 489 g/mol. The van der Waals surface area contributed by atoms with Crippen molar-refractivity contribution in [3.63, 3.8) is 0 Å². The molecule has 1 aromatic heterocycles. The first-order valence-electron chi connectivity index (χ1n) is 9.88. The number of ether oxygens (including phenoxy) is 1. The van der Waals surface area contributed by atoms with E-state index in [9.17, 15) is 32.7 Å². The molecule has 0 atom stereocenters. The predicted molar refractivity (Wildman–Crippen MR) is 120 cm³/mol. The zero-order chi connectivity index (χ0) is 25.5. The number of esters is 1. The molecule has 4 aromatic rings. The largest absolute Gasteiger partial charge is 0.478 e. The Kier molecular flexibility index (Phi) is 6.08. The average molecular weight is 503 g/mol. The van der Waals surface area contributed by atoms with Crippen molar-refractivity contribution in [2.24, 2.45) is 0 Å². The van der Waals surface area contributed by atoms with Gasteiger partial charge in [-0.1, -0.05) is 29.8 Å². The van der Waals surface area contributed by atoms with E-state index in [4.69, 9.17) is 11.6 Å². The molecule has 4 rings (SSSR count). The second-order valence-corrected chi connectivity index (χ2v) is 7.74. The summed E-state index contributed by atoms with van der Waals surface area (Å²) in [6, 6.07) is 12.7. The van der Waals surface area contributed by atoms with Gasteiger partial charge in [0.2, 0.25) is 0 Å². The van der Waals surface area contributed by atoms with E-state index in [1.807, 2.05) is 0 Å². The predicted octanol–water partition coefficient (Wildman–Crippen LogP) is 5.55. The molecule has 1 N–H and O–H groups in total. The summed E-state index contributed by atoms with van der Waals surface area (Å²) in [6.07, 6.45) is -4.88. The van der Waals surface area contributed by atoms with Crippen LogP contribution < -0.4 is 0 Å². The molecule has 1 heterocycles. The molecule has 7 nitrogen and oxygen atoms in total. The van der Waals surface area contributed by atoms with Gasteiger partial charge in [-0.05, 0) is 42.5 Å². The Bertz CT molecular complexity index is 1490. The fourth-order valence-corrected chi connectivity index (χ4v) is 3.84. The van der Waals surface area contributed by atoms with E-state index in [0.29, 0.717) is 15.6 Å². The van der Waals surface area contributed by atoms with E-state index in [-0.39, 0.29) is 22.3 Å². The summed E-state index contributed by atoms with van der Waals surface area (Å²) in [5.41, 5.74) is -1.45. The van der Waals surface area contributed by atoms with Gasteiger partial charge >= 0.3 is 18.1 Å². The summed E-state index contributed by atoms with van der Waals surface area (Å²) in [6.45, 7) is 0. The van der Waals surface area contributed by atoms with Crippen LogP contribution in [-0.4, -0.2) is 39.8 Å². The van der Waals surface area contributed by atoms with Crippen LogP contribution in [-0.2, 0) is 10.9 Å². The molecule has 35 heavy (non-hydrogen) atoms. The number of hydrogen-bond donors (Lipinski definition) is 1. The van der Waals surface area contributed by atoms with Crippen LogP contribution in [0.4, 0.5) is 13.2 Å². The summed E-state index contributed by atoms with van der Waals surface area (Å²) in [5.74, 6) is -3.07. The van der Waals surface area contributed by atoms with Crippen molar-refractivity contribution in [1.29, 1.82) is 0 Å². The van der Waals surface area contributed by atoms with Crippen LogP contribution in [0.3, 0.4) is 0 Å². The number of nitrogens with zero attached hydrogens (tertiary/aromatic N) is 2. The second-order valence-electron chi connectivity index (χ2n) is 7.33. The Labute approximate surface area is 200 Å². The van der Waals surface area contributed by atoms with Crippen molar-refractivity contribution in [1.82, 2.24) is 9.78 Å². The number of carboxylic acid groups (broad SMARTS) is 1. The molecular formula is C24H14ClF3N2O5. The molecule has 0 radical (unpaired) electrons. The second kappa shape index (κ2) is 8.88. The minimum atomic E-state index is -4.88. The highest BCUT2D eigenvalue weighted by Gasteiger charge is 2.37. The summed E-state index contributed by atoms with van der Waals surface area (Å²) >= 11 is 6.00. The van der Waals surface area contributed by atoms with Gasteiger partial charge in [-0.3, -0.25) is 4.79 Å². The number of methoxy groups -OCH3 is 1. The highest BCUT2D eigenvalue weighted by atomic mass is 35.5. The maximum Gasteiger partial charge on any atom is 0.417 e. The van der Waals surface area contributed by atoms with Crippen molar-refractivity contribution >= 4 is 40.3 Å². The molecule has 0 saturated carbocycles. The third-order valence-electron chi connectivity index (χ3n) is 5.23. The Hall–Kier alpha value is -4.18. The number of aromatic nitrogens is 2. The number of aromatic carboxylic acids is 1. The number of carboxylic acids is 1. The molecule has 0 saturated heterocycles. The molecule has 0 aliphatic heterocycles. The number of benzene rings is 3. The van der Waals surface area contributed by atoms with Gasteiger partial charge in [0.25, 0.3) is 5.91 Å². The maximum absolute atomic E-state index is 13.6. The quantitative estimate of drug-likeness (QED) is 0.367. The van der Waals surface area contributed by atoms with Crippen LogP contribution >= 0.6 is 11.6 Å². The third kappa shape index (κ3) is 4.35. The molecule has 0 aliphatic carbocycles. The Morgan fingerprint density at radius 3 is 2.26 bits per heavy atom. The van der Waals surface area contributed by atoms with Crippen molar-refractivity contribution < 1.29 is 37.4 Å². The smallest absolute Gasteiger partial charge is 0.417 e. The lowest BCUT2D eigenvalue weighted by molar-refractivity contribution is -0.137. The van der Waals surface area contributed by atoms with E-state index in [2.05, 4.69) is 9.84 Å². The molecule has 0 aliphatic rings. The van der Waals surface area contributed by atoms with E-state index in [0.717, 1.165) is 24.3 Å². The lowest BCUT2D eigenvalue weighted by Gasteiger charge is -2.13. The van der Waals surface area contributed by atoms with Crippen molar-refractivity contribution in [3.05, 3.63) is 87.9 Å². The number of hydrogen-bond acceptors (Lipinski definition) is 5. The van der Waals surface area contributed by atoms with Crippen molar-refractivity contribution in [3.8, 4) is 11.3 Å². The zero-order valence-corrected chi connectivity index (χ0v) is 18.5. The average Bonchev–Trinajstić information content (AvgIpc) is 3.21. The first-order valence-corrected chi connectivity index (χ1v) is 10.3. The van der Waals surface area contributed by atoms with E-state index < -0.39 is 40.2 Å². The Balaban J connectivity index is 1.96. The van der Waals surface area contributed by atoms with Gasteiger partial charge in [0.1, 0.15) is 5.69 Å². The fraction of sp³-hybridized carbons (Fsp3) is 0.0833. The summed E-state index contributed by atoms with van der Waals surface area (Å²) < 4.78 is 46.3. The van der Waals surface area contributed by atoms with Crippen molar-refractivity contribution in [2.75, 3.05) is 7.11 Å². The van der Waals surface area contributed by atoms with E-state index in [1.54, 1.807) is 0 Å². The van der Waals surface area contributed by atoms with E-state index in [1.165, 1.54) is 43.5 Å². The van der Waals surface area contributed by atoms with Crippen LogP contribution in [0.2, 0.25) is 5.02 Å². The summed E-state index contributed by atoms with van der Waals surface area (Å²) in [4.78, 5) is 36.6. The minimum absolute atomic E-state index is 0.0324. The molecule has 0 spiro atoms. The number of rotatable bonds is 4. The fourth-order valence-electron chi connectivity index (χ4n) is 3.58. The SMILES string of the molecule is COC(=O)c1ccc(-c2nn(C(=O)c3c(Cl)cccc3C(F)(F)F)c3cc(C(=O)O)ccc23)cc1. The molecule has 0 unspecified atom stereocenters. The zero-order valence-electron chi connectivity index (χ0n) is 17.8.